The molecule has 0 bridgehead atoms. The molecule has 0 aromatic heterocycles. The first-order chi connectivity index (χ1) is 9.63. The zero-order valence-corrected chi connectivity index (χ0v) is 12.9. The second kappa shape index (κ2) is 7.39. The molecule has 4 heteroatoms. The third kappa shape index (κ3) is 3.72. The van der Waals surface area contributed by atoms with Crippen molar-refractivity contribution in [3.8, 4) is 0 Å². The third-order valence-electron chi connectivity index (χ3n) is 4.44. The molecule has 20 heavy (non-hydrogen) atoms. The van der Waals surface area contributed by atoms with Crippen molar-refractivity contribution in [3.05, 3.63) is 34.6 Å². The molecule has 0 saturated heterocycles. The molecule has 2 nitrogen and oxygen atoms in total. The zero-order valence-electron chi connectivity index (χ0n) is 12.1. The second-order valence-electron chi connectivity index (χ2n) is 5.74. The molecular weight excluding hydrogens is 275 g/mol. The number of rotatable bonds is 4. The third-order valence-corrected chi connectivity index (χ3v) is 4.73. The molecule has 1 aromatic rings. The molecule has 1 saturated carbocycles. The maximum atomic E-state index is 13.3. The number of halogens is 2. The highest BCUT2D eigenvalue weighted by atomic mass is 35.5. The topological polar surface area (TPSA) is 29.3 Å². The average molecular weight is 299 g/mol. The Morgan fingerprint density at radius 2 is 1.95 bits per heavy atom. The van der Waals surface area contributed by atoms with E-state index < -0.39 is 0 Å². The molecule has 0 aliphatic heterocycles. The van der Waals surface area contributed by atoms with E-state index >= 15 is 0 Å². The summed E-state index contributed by atoms with van der Waals surface area (Å²) >= 11 is 5.90. The van der Waals surface area contributed by atoms with Crippen LogP contribution in [-0.2, 0) is 0 Å². The molecule has 2 N–H and O–H groups in total. The zero-order chi connectivity index (χ0) is 14.5. The largest absolute Gasteiger partial charge is 0.329 e. The Morgan fingerprint density at radius 1 is 1.30 bits per heavy atom. The van der Waals surface area contributed by atoms with Crippen molar-refractivity contribution in [2.45, 2.75) is 50.6 Å². The van der Waals surface area contributed by atoms with Crippen molar-refractivity contribution in [3.63, 3.8) is 0 Å². The van der Waals surface area contributed by atoms with Gasteiger partial charge in [0.2, 0.25) is 0 Å². The standard InChI is InChI=1S/C16H24ClFN2/c1-20(13-6-4-2-3-5-7-13)16(11-19)12-8-9-15(18)14(17)10-12/h8-10,13,16H,2-7,11,19H2,1H3. The van der Waals surface area contributed by atoms with Crippen LogP contribution < -0.4 is 5.73 Å². The average Bonchev–Trinajstić information content (AvgIpc) is 2.72. The summed E-state index contributed by atoms with van der Waals surface area (Å²) in [6.45, 7) is 0.523. The minimum atomic E-state index is -0.372. The van der Waals surface area contributed by atoms with E-state index in [0.29, 0.717) is 12.6 Å². The fourth-order valence-corrected chi connectivity index (χ4v) is 3.37. The Hall–Kier alpha value is -0.640. The van der Waals surface area contributed by atoms with Gasteiger partial charge in [-0.15, -0.1) is 0 Å². The van der Waals surface area contributed by atoms with Crippen molar-refractivity contribution in [1.82, 2.24) is 4.90 Å². The molecule has 1 aromatic carbocycles. The lowest BCUT2D eigenvalue weighted by atomic mass is 10.0. The number of nitrogens with two attached hydrogens (primary N) is 1. The Bertz CT molecular complexity index is 430. The van der Waals surface area contributed by atoms with E-state index in [-0.39, 0.29) is 16.9 Å². The van der Waals surface area contributed by atoms with E-state index in [4.69, 9.17) is 17.3 Å². The lowest BCUT2D eigenvalue weighted by Gasteiger charge is -2.34. The van der Waals surface area contributed by atoms with Gasteiger partial charge in [0.25, 0.3) is 0 Å². The van der Waals surface area contributed by atoms with E-state index in [1.807, 2.05) is 0 Å². The fourth-order valence-electron chi connectivity index (χ4n) is 3.18. The number of benzene rings is 1. The number of nitrogens with zero attached hydrogens (tertiary/aromatic N) is 1. The van der Waals surface area contributed by atoms with Crippen LogP contribution in [0.5, 0.6) is 0 Å². The van der Waals surface area contributed by atoms with E-state index in [2.05, 4.69) is 11.9 Å². The van der Waals surface area contributed by atoms with Crippen LogP contribution in [0.15, 0.2) is 18.2 Å². The highest BCUT2D eigenvalue weighted by Crippen LogP contribution is 2.29. The van der Waals surface area contributed by atoms with Gasteiger partial charge in [-0.3, -0.25) is 4.90 Å². The molecule has 112 valence electrons. The van der Waals surface area contributed by atoms with Gasteiger partial charge >= 0.3 is 0 Å². The van der Waals surface area contributed by atoms with Crippen molar-refractivity contribution in [2.24, 2.45) is 5.73 Å². The highest BCUT2D eigenvalue weighted by molar-refractivity contribution is 6.30. The molecular formula is C16H24ClFN2. The lowest BCUT2D eigenvalue weighted by Crippen LogP contribution is -2.38. The van der Waals surface area contributed by atoms with E-state index in [0.717, 1.165) is 5.56 Å². The first-order valence-corrected chi connectivity index (χ1v) is 7.88. The highest BCUT2D eigenvalue weighted by Gasteiger charge is 2.24. The minimum Gasteiger partial charge on any atom is -0.329 e. The van der Waals surface area contributed by atoms with Crippen LogP contribution >= 0.6 is 11.6 Å². The van der Waals surface area contributed by atoms with Gasteiger partial charge in [0.15, 0.2) is 0 Å². The van der Waals surface area contributed by atoms with Gasteiger partial charge < -0.3 is 5.73 Å². The van der Waals surface area contributed by atoms with Crippen LogP contribution in [-0.4, -0.2) is 24.5 Å². The summed E-state index contributed by atoms with van der Waals surface area (Å²) < 4.78 is 13.3. The SMILES string of the molecule is CN(C1CCCCCC1)C(CN)c1ccc(F)c(Cl)c1. The molecule has 0 radical (unpaired) electrons. The van der Waals surface area contributed by atoms with Gasteiger partial charge in [-0.05, 0) is 37.6 Å². The van der Waals surface area contributed by atoms with Crippen LogP contribution in [0, 0.1) is 5.82 Å². The van der Waals surface area contributed by atoms with Crippen LogP contribution in [0.2, 0.25) is 5.02 Å². The number of hydrogen-bond donors (Lipinski definition) is 1. The molecule has 1 fully saturated rings. The van der Waals surface area contributed by atoms with Gasteiger partial charge in [0.1, 0.15) is 5.82 Å². The van der Waals surface area contributed by atoms with Crippen molar-refractivity contribution in [2.75, 3.05) is 13.6 Å². The van der Waals surface area contributed by atoms with Crippen molar-refractivity contribution in [1.29, 1.82) is 0 Å². The Balaban J connectivity index is 2.15. The fraction of sp³-hybridized carbons (Fsp3) is 0.625. The van der Waals surface area contributed by atoms with Gasteiger partial charge in [0, 0.05) is 18.6 Å². The Kier molecular flexibility index (Phi) is 5.82. The quantitative estimate of drug-likeness (QED) is 0.847. The van der Waals surface area contributed by atoms with Gasteiger partial charge in [-0.25, -0.2) is 4.39 Å². The van der Waals surface area contributed by atoms with Gasteiger partial charge in [0.05, 0.1) is 5.02 Å². The summed E-state index contributed by atoms with van der Waals surface area (Å²) in [5.74, 6) is -0.372. The summed E-state index contributed by atoms with van der Waals surface area (Å²) in [5.41, 5.74) is 6.97. The number of likely N-dealkylation sites (N-methyl/N-ethyl adjacent to an activating group) is 1. The van der Waals surface area contributed by atoms with Crippen molar-refractivity contribution < 1.29 is 4.39 Å². The Labute approximate surface area is 126 Å². The Morgan fingerprint density at radius 3 is 2.50 bits per heavy atom. The summed E-state index contributed by atoms with van der Waals surface area (Å²) in [6, 6.07) is 5.61. The summed E-state index contributed by atoms with van der Waals surface area (Å²) in [7, 11) is 2.13. The normalized spacial score (nSPS) is 19.1. The summed E-state index contributed by atoms with van der Waals surface area (Å²) in [5, 5.41) is 0.176. The first kappa shape index (κ1) is 15.7. The second-order valence-corrected chi connectivity index (χ2v) is 6.14. The maximum absolute atomic E-state index is 13.3. The lowest BCUT2D eigenvalue weighted by molar-refractivity contribution is 0.161. The molecule has 1 aliphatic rings. The molecule has 0 spiro atoms. The minimum absolute atomic E-state index is 0.108. The van der Waals surface area contributed by atoms with Crippen LogP contribution in [0.4, 0.5) is 4.39 Å². The summed E-state index contributed by atoms with van der Waals surface area (Å²) in [6.07, 6.45) is 7.69. The van der Waals surface area contributed by atoms with Gasteiger partial charge in [-0.2, -0.15) is 0 Å². The van der Waals surface area contributed by atoms with Crippen molar-refractivity contribution >= 4 is 11.6 Å². The predicted octanol–water partition coefficient (Wildman–Crippen LogP) is 4.13. The molecule has 1 aliphatic carbocycles. The van der Waals surface area contributed by atoms with E-state index in [1.165, 1.54) is 44.6 Å². The van der Waals surface area contributed by atoms with E-state index in [1.54, 1.807) is 12.1 Å². The maximum Gasteiger partial charge on any atom is 0.141 e. The smallest absolute Gasteiger partial charge is 0.141 e. The van der Waals surface area contributed by atoms with Crippen LogP contribution in [0.1, 0.15) is 50.1 Å². The molecule has 0 heterocycles. The molecule has 0 amide bonds. The molecule has 1 unspecified atom stereocenters. The number of hydrogen-bond acceptors (Lipinski definition) is 2. The predicted molar refractivity (Wildman–Crippen MR) is 82.5 cm³/mol. The van der Waals surface area contributed by atoms with E-state index in [9.17, 15) is 4.39 Å². The summed E-state index contributed by atoms with van der Waals surface area (Å²) in [4.78, 5) is 2.36. The first-order valence-electron chi connectivity index (χ1n) is 7.50. The van der Waals surface area contributed by atoms with Crippen LogP contribution in [0.25, 0.3) is 0 Å². The van der Waals surface area contributed by atoms with Gasteiger partial charge in [-0.1, -0.05) is 43.4 Å². The van der Waals surface area contributed by atoms with Crippen LogP contribution in [0.3, 0.4) is 0 Å². The molecule has 2 rings (SSSR count). The molecule has 1 atom stereocenters. The monoisotopic (exact) mass is 298 g/mol.